The van der Waals surface area contributed by atoms with Gasteiger partial charge in [-0.3, -0.25) is 19.8 Å². The lowest BCUT2D eigenvalue weighted by Gasteiger charge is -2.29. The number of ether oxygens (including phenoxy) is 1. The number of amides is 2. The lowest BCUT2D eigenvalue weighted by atomic mass is 9.97. The van der Waals surface area contributed by atoms with Crippen LogP contribution in [-0.4, -0.2) is 24.0 Å². The quantitative estimate of drug-likeness (QED) is 0.352. The summed E-state index contributed by atoms with van der Waals surface area (Å²) >= 11 is 11.2. The molecule has 1 N–H and O–H groups in total. The molecule has 2 amide bonds. The molecule has 0 aliphatic carbocycles. The maximum atomic E-state index is 13.2. The van der Waals surface area contributed by atoms with Crippen LogP contribution in [0.3, 0.4) is 0 Å². The maximum absolute atomic E-state index is 13.2. The minimum atomic E-state index is -0.537. The topological polar surface area (TPSA) is 58.6 Å². The monoisotopic (exact) mass is 448 g/mol. The summed E-state index contributed by atoms with van der Waals surface area (Å²) in [4.78, 5) is 27.1. The Kier molecular flexibility index (Phi) is 5.84. The number of rotatable bonds is 4. The minimum absolute atomic E-state index is 0.00971. The molecule has 1 fully saturated rings. The number of benzene rings is 3. The molecular formula is C24H17ClN2O3S. The standard InChI is InChI=1S/C24H17ClN2O3S/c1-30-19-12-6-15(7-13-19)20-5-3-2-4-16(20)14-21-22(28)26-24(31)27(23(21)29)18-10-8-17(25)9-11-18/h2-14H,1H3,(H,26,28,31). The number of hydrogen-bond donors (Lipinski definition) is 1. The molecule has 0 aromatic heterocycles. The van der Waals surface area contributed by atoms with Crippen LogP contribution in [0.2, 0.25) is 5.02 Å². The van der Waals surface area contributed by atoms with Gasteiger partial charge in [-0.05, 0) is 71.4 Å². The van der Waals surface area contributed by atoms with Crippen LogP contribution in [0.1, 0.15) is 5.56 Å². The fourth-order valence-electron chi connectivity index (χ4n) is 3.29. The summed E-state index contributed by atoms with van der Waals surface area (Å²) in [6.07, 6.45) is 1.59. The normalized spacial score (nSPS) is 15.2. The predicted octanol–water partition coefficient (Wildman–Crippen LogP) is 4.85. The molecule has 7 heteroatoms. The largest absolute Gasteiger partial charge is 0.497 e. The molecular weight excluding hydrogens is 432 g/mol. The van der Waals surface area contributed by atoms with Crippen LogP contribution in [-0.2, 0) is 9.59 Å². The van der Waals surface area contributed by atoms with Gasteiger partial charge in [0.1, 0.15) is 11.3 Å². The van der Waals surface area contributed by atoms with E-state index in [2.05, 4.69) is 5.32 Å². The molecule has 0 spiro atoms. The van der Waals surface area contributed by atoms with E-state index >= 15 is 0 Å². The lowest BCUT2D eigenvalue weighted by Crippen LogP contribution is -2.54. The number of carbonyl (C=O) groups is 2. The molecule has 1 heterocycles. The Balaban J connectivity index is 1.75. The van der Waals surface area contributed by atoms with Gasteiger partial charge in [0.05, 0.1) is 12.8 Å². The van der Waals surface area contributed by atoms with Gasteiger partial charge in [-0.2, -0.15) is 0 Å². The molecule has 31 heavy (non-hydrogen) atoms. The van der Waals surface area contributed by atoms with Crippen LogP contribution in [0.25, 0.3) is 17.2 Å². The molecule has 154 valence electrons. The van der Waals surface area contributed by atoms with Crippen LogP contribution >= 0.6 is 23.8 Å². The second-order valence-electron chi connectivity index (χ2n) is 6.75. The number of nitrogens with one attached hydrogen (secondary N) is 1. The van der Waals surface area contributed by atoms with Crippen LogP contribution < -0.4 is 15.0 Å². The number of carbonyl (C=O) groups excluding carboxylic acids is 2. The summed E-state index contributed by atoms with van der Waals surface area (Å²) in [6, 6.07) is 21.8. The average Bonchev–Trinajstić information content (AvgIpc) is 2.78. The van der Waals surface area contributed by atoms with Crippen LogP contribution in [0.4, 0.5) is 5.69 Å². The highest BCUT2D eigenvalue weighted by Crippen LogP contribution is 2.29. The molecule has 4 rings (SSSR count). The Labute approximate surface area is 189 Å². The number of hydrogen-bond acceptors (Lipinski definition) is 4. The zero-order valence-electron chi connectivity index (χ0n) is 16.5. The van der Waals surface area contributed by atoms with E-state index in [4.69, 9.17) is 28.6 Å². The Morgan fingerprint density at radius 3 is 2.32 bits per heavy atom. The van der Waals surface area contributed by atoms with Crippen molar-refractivity contribution in [2.75, 3.05) is 12.0 Å². The van der Waals surface area contributed by atoms with Gasteiger partial charge >= 0.3 is 0 Å². The third-order valence-corrected chi connectivity index (χ3v) is 5.38. The second kappa shape index (κ2) is 8.71. The van der Waals surface area contributed by atoms with Crippen molar-refractivity contribution in [3.8, 4) is 16.9 Å². The summed E-state index contributed by atoms with van der Waals surface area (Å²) in [6.45, 7) is 0. The zero-order chi connectivity index (χ0) is 22.0. The summed E-state index contributed by atoms with van der Waals surface area (Å²) < 4.78 is 5.22. The second-order valence-corrected chi connectivity index (χ2v) is 7.57. The van der Waals surface area contributed by atoms with Gasteiger partial charge in [-0.25, -0.2) is 0 Å². The van der Waals surface area contributed by atoms with Crippen molar-refractivity contribution in [3.63, 3.8) is 0 Å². The third-order valence-electron chi connectivity index (χ3n) is 4.85. The molecule has 3 aromatic rings. The maximum Gasteiger partial charge on any atom is 0.270 e. The minimum Gasteiger partial charge on any atom is -0.497 e. The van der Waals surface area contributed by atoms with E-state index in [9.17, 15) is 9.59 Å². The van der Waals surface area contributed by atoms with E-state index in [0.717, 1.165) is 22.4 Å². The van der Waals surface area contributed by atoms with Gasteiger partial charge in [0.15, 0.2) is 5.11 Å². The molecule has 5 nitrogen and oxygen atoms in total. The van der Waals surface area contributed by atoms with Crippen molar-refractivity contribution in [1.29, 1.82) is 0 Å². The number of methoxy groups -OCH3 is 1. The average molecular weight is 449 g/mol. The smallest absolute Gasteiger partial charge is 0.270 e. The van der Waals surface area contributed by atoms with Gasteiger partial charge in [0.25, 0.3) is 11.8 Å². The predicted molar refractivity (Wildman–Crippen MR) is 126 cm³/mol. The van der Waals surface area contributed by atoms with Gasteiger partial charge in [0, 0.05) is 5.02 Å². The Hall–Kier alpha value is -3.48. The number of halogens is 1. The van der Waals surface area contributed by atoms with E-state index < -0.39 is 11.8 Å². The first-order chi connectivity index (χ1) is 15.0. The molecule has 3 aromatic carbocycles. The van der Waals surface area contributed by atoms with Crippen molar-refractivity contribution in [2.24, 2.45) is 0 Å². The summed E-state index contributed by atoms with van der Waals surface area (Å²) in [7, 11) is 1.61. The van der Waals surface area contributed by atoms with Crippen molar-refractivity contribution in [1.82, 2.24) is 5.32 Å². The summed E-state index contributed by atoms with van der Waals surface area (Å²) in [5.41, 5.74) is 3.06. The van der Waals surface area contributed by atoms with E-state index in [1.54, 1.807) is 37.5 Å². The van der Waals surface area contributed by atoms with Crippen LogP contribution in [0.15, 0.2) is 78.4 Å². The van der Waals surface area contributed by atoms with Crippen LogP contribution in [0, 0.1) is 0 Å². The van der Waals surface area contributed by atoms with E-state index in [-0.39, 0.29) is 10.7 Å². The fourth-order valence-corrected chi connectivity index (χ4v) is 3.70. The van der Waals surface area contributed by atoms with E-state index in [1.165, 1.54) is 4.90 Å². The van der Waals surface area contributed by atoms with Crippen molar-refractivity contribution in [3.05, 3.63) is 89.0 Å². The number of anilines is 1. The first-order valence-corrected chi connectivity index (χ1v) is 10.2. The Morgan fingerprint density at radius 2 is 1.65 bits per heavy atom. The molecule has 1 aliphatic rings. The van der Waals surface area contributed by atoms with E-state index in [0.29, 0.717) is 10.7 Å². The van der Waals surface area contributed by atoms with E-state index in [1.807, 2.05) is 48.5 Å². The van der Waals surface area contributed by atoms with Crippen molar-refractivity contribution >= 4 is 52.5 Å². The molecule has 1 aliphatic heterocycles. The highest BCUT2D eigenvalue weighted by Gasteiger charge is 2.34. The SMILES string of the molecule is COc1ccc(-c2ccccc2C=C2C(=O)NC(=S)N(c3ccc(Cl)cc3)C2=O)cc1. The molecule has 1 saturated heterocycles. The molecule has 0 saturated carbocycles. The number of nitrogens with zero attached hydrogens (tertiary/aromatic N) is 1. The molecule has 0 atom stereocenters. The van der Waals surface area contributed by atoms with Gasteiger partial charge in [-0.15, -0.1) is 0 Å². The highest BCUT2D eigenvalue weighted by molar-refractivity contribution is 7.80. The van der Waals surface area contributed by atoms with Gasteiger partial charge in [0.2, 0.25) is 0 Å². The van der Waals surface area contributed by atoms with Crippen molar-refractivity contribution < 1.29 is 14.3 Å². The van der Waals surface area contributed by atoms with Crippen LogP contribution in [0.5, 0.6) is 5.75 Å². The third kappa shape index (κ3) is 4.21. The fraction of sp³-hybridized carbons (Fsp3) is 0.0417. The highest BCUT2D eigenvalue weighted by atomic mass is 35.5. The van der Waals surface area contributed by atoms with Gasteiger partial charge in [-0.1, -0.05) is 48.0 Å². The van der Waals surface area contributed by atoms with Gasteiger partial charge < -0.3 is 4.74 Å². The first kappa shape index (κ1) is 20.8. The summed E-state index contributed by atoms with van der Waals surface area (Å²) in [5.74, 6) is -0.293. The molecule has 0 unspecified atom stereocenters. The summed E-state index contributed by atoms with van der Waals surface area (Å²) in [5, 5.41) is 3.16. The first-order valence-electron chi connectivity index (χ1n) is 9.38. The molecule has 0 radical (unpaired) electrons. The molecule has 0 bridgehead atoms. The zero-order valence-corrected chi connectivity index (χ0v) is 18.0. The lowest BCUT2D eigenvalue weighted by molar-refractivity contribution is -0.122. The van der Waals surface area contributed by atoms with Crippen molar-refractivity contribution in [2.45, 2.75) is 0 Å². The Morgan fingerprint density at radius 1 is 0.968 bits per heavy atom. The Bertz CT molecular complexity index is 1200. The number of thiocarbonyl (C=S) groups is 1.